The van der Waals surface area contributed by atoms with Crippen LogP contribution in [0.1, 0.15) is 36.4 Å². The van der Waals surface area contributed by atoms with Gasteiger partial charge in [-0.05, 0) is 57.8 Å². The van der Waals surface area contributed by atoms with Crippen LogP contribution in [-0.2, 0) is 16.0 Å². The molecule has 0 atom stereocenters. The van der Waals surface area contributed by atoms with Crippen molar-refractivity contribution in [2.24, 2.45) is 5.92 Å². The fourth-order valence-corrected chi connectivity index (χ4v) is 5.57. The molecule has 0 bridgehead atoms. The molecule has 0 aromatic carbocycles. The van der Waals surface area contributed by atoms with Gasteiger partial charge in [0.2, 0.25) is 5.91 Å². The van der Waals surface area contributed by atoms with E-state index in [1.807, 2.05) is 30.3 Å². The van der Waals surface area contributed by atoms with Crippen molar-refractivity contribution in [2.75, 3.05) is 32.7 Å². The van der Waals surface area contributed by atoms with Crippen molar-refractivity contribution in [1.29, 1.82) is 0 Å². The van der Waals surface area contributed by atoms with Crippen LogP contribution in [0.25, 0.3) is 21.3 Å². The van der Waals surface area contributed by atoms with Crippen LogP contribution in [0.3, 0.4) is 0 Å². The minimum absolute atomic E-state index is 0.00274. The monoisotopic (exact) mass is 463 g/mol. The maximum atomic E-state index is 13.0. The molecule has 2 fully saturated rings. The number of amides is 1. The number of Topliss-reactive ketones (excluding diaryl/α,β-unsaturated/α-hetero) is 1. The Balaban J connectivity index is 1.19. The number of ketones is 1. The molecule has 3 aromatic rings. The molecule has 0 aliphatic carbocycles. The molecule has 0 radical (unpaired) electrons. The third-order valence-electron chi connectivity index (χ3n) is 6.75. The summed E-state index contributed by atoms with van der Waals surface area (Å²) in [6.07, 6.45) is 9.66. The molecule has 0 spiro atoms. The second kappa shape index (κ2) is 9.65. The highest BCUT2D eigenvalue weighted by Gasteiger charge is 2.28. The molecule has 5 rings (SSSR count). The second-order valence-electron chi connectivity index (χ2n) is 9.12. The Labute approximate surface area is 197 Å². The van der Waals surface area contributed by atoms with Gasteiger partial charge in [-0.1, -0.05) is 0 Å². The number of aromatic nitrogens is 3. The third kappa shape index (κ3) is 5.12. The molecule has 33 heavy (non-hydrogen) atoms. The Morgan fingerprint density at radius 3 is 2.52 bits per heavy atom. The van der Waals surface area contributed by atoms with E-state index in [-0.39, 0.29) is 17.6 Å². The molecule has 2 aliphatic rings. The summed E-state index contributed by atoms with van der Waals surface area (Å²) < 4.78 is 0. The van der Waals surface area contributed by atoms with Gasteiger partial charge in [0.15, 0.2) is 0 Å². The number of nitrogens with zero attached hydrogens (tertiary/aromatic N) is 5. The zero-order chi connectivity index (χ0) is 22.8. The van der Waals surface area contributed by atoms with Gasteiger partial charge in [-0.2, -0.15) is 0 Å². The van der Waals surface area contributed by atoms with Crippen molar-refractivity contribution in [1.82, 2.24) is 24.8 Å². The van der Waals surface area contributed by atoms with Gasteiger partial charge in [-0.15, -0.1) is 11.3 Å². The van der Waals surface area contributed by atoms with Gasteiger partial charge in [-0.25, -0.2) is 4.98 Å². The molecular weight excluding hydrogens is 434 g/mol. The summed E-state index contributed by atoms with van der Waals surface area (Å²) >= 11 is 1.64. The van der Waals surface area contributed by atoms with E-state index in [0.717, 1.165) is 58.0 Å². The second-order valence-corrected chi connectivity index (χ2v) is 10.4. The van der Waals surface area contributed by atoms with Gasteiger partial charge in [0.25, 0.3) is 0 Å². The molecule has 0 unspecified atom stereocenters. The van der Waals surface area contributed by atoms with Gasteiger partial charge >= 0.3 is 0 Å². The number of carbonyl (C=O) groups is 2. The molecule has 3 aromatic heterocycles. The quantitative estimate of drug-likeness (QED) is 0.557. The van der Waals surface area contributed by atoms with E-state index in [1.165, 1.54) is 12.8 Å². The van der Waals surface area contributed by atoms with Crippen molar-refractivity contribution >= 4 is 33.9 Å². The molecule has 5 heterocycles. The predicted molar refractivity (Wildman–Crippen MR) is 129 cm³/mol. The molecular formula is C25H29N5O2S. The molecule has 2 aliphatic heterocycles. The summed E-state index contributed by atoms with van der Waals surface area (Å²) in [7, 11) is 0. The summed E-state index contributed by atoms with van der Waals surface area (Å²) in [4.78, 5) is 44.1. The van der Waals surface area contributed by atoms with E-state index in [0.29, 0.717) is 26.1 Å². The van der Waals surface area contributed by atoms with Crippen molar-refractivity contribution in [2.45, 2.75) is 39.0 Å². The Hall–Kier alpha value is -2.71. The zero-order valence-corrected chi connectivity index (χ0v) is 19.8. The smallest absolute Gasteiger partial charge is 0.236 e. The lowest BCUT2D eigenvalue weighted by molar-refractivity contribution is -0.135. The lowest BCUT2D eigenvalue weighted by Gasteiger charge is -2.32. The molecule has 1 amide bonds. The highest BCUT2D eigenvalue weighted by Crippen LogP contribution is 2.28. The normalized spacial score (nSPS) is 17.7. The first-order chi connectivity index (χ1) is 16.0. The summed E-state index contributed by atoms with van der Waals surface area (Å²) in [6.45, 7) is 5.92. The average Bonchev–Trinajstić information content (AvgIpc) is 3.50. The molecule has 2 saturated heterocycles. The maximum Gasteiger partial charge on any atom is 0.236 e. The molecule has 172 valence electrons. The summed E-state index contributed by atoms with van der Waals surface area (Å²) in [5.74, 6) is 0.428. The Morgan fingerprint density at radius 1 is 1.00 bits per heavy atom. The van der Waals surface area contributed by atoms with Gasteiger partial charge in [0.1, 0.15) is 5.78 Å². The minimum Gasteiger partial charge on any atom is -0.342 e. The summed E-state index contributed by atoms with van der Waals surface area (Å²) in [5.41, 5.74) is 2.63. The van der Waals surface area contributed by atoms with Crippen LogP contribution in [0.15, 0.2) is 30.7 Å². The number of fused-ring (bicyclic) bond motifs is 1. The highest BCUT2D eigenvalue weighted by molar-refractivity contribution is 7.15. The number of carbonyl (C=O) groups excluding carboxylic acids is 2. The van der Waals surface area contributed by atoms with E-state index in [9.17, 15) is 9.59 Å². The van der Waals surface area contributed by atoms with E-state index in [1.54, 1.807) is 17.5 Å². The fraction of sp³-hybridized carbons (Fsp3) is 0.480. The van der Waals surface area contributed by atoms with Crippen LogP contribution >= 0.6 is 11.3 Å². The molecule has 8 heteroatoms. The van der Waals surface area contributed by atoms with E-state index in [4.69, 9.17) is 0 Å². The number of pyridine rings is 2. The predicted octanol–water partition coefficient (Wildman–Crippen LogP) is 3.51. The largest absolute Gasteiger partial charge is 0.342 e. The molecule has 0 N–H and O–H groups in total. The van der Waals surface area contributed by atoms with Crippen LogP contribution in [0.5, 0.6) is 0 Å². The van der Waals surface area contributed by atoms with E-state index in [2.05, 4.69) is 25.9 Å². The van der Waals surface area contributed by atoms with Gasteiger partial charge in [0, 0.05) is 54.5 Å². The molecule has 7 nitrogen and oxygen atoms in total. The number of aryl methyl sites for hydroxylation is 1. The average molecular weight is 464 g/mol. The highest BCUT2D eigenvalue weighted by atomic mass is 32.1. The van der Waals surface area contributed by atoms with Crippen LogP contribution in [0.2, 0.25) is 0 Å². The van der Waals surface area contributed by atoms with Crippen LogP contribution in [0, 0.1) is 12.8 Å². The van der Waals surface area contributed by atoms with Gasteiger partial charge in [-0.3, -0.25) is 24.5 Å². The minimum atomic E-state index is 0.00274. The van der Waals surface area contributed by atoms with Crippen molar-refractivity contribution in [3.8, 4) is 10.4 Å². The lowest BCUT2D eigenvalue weighted by Crippen LogP contribution is -2.44. The van der Waals surface area contributed by atoms with Crippen molar-refractivity contribution < 1.29 is 9.59 Å². The lowest BCUT2D eigenvalue weighted by atomic mass is 9.90. The number of likely N-dealkylation sites (tertiary alicyclic amines) is 2. The topological polar surface area (TPSA) is 79.3 Å². The standard InChI is InChI=1S/C25H29N5O2S/c1-17-26-15-24(33-17)20-10-19-11-21(27-14-22(19)28-13-20)12-23(31)18-4-8-30(9-5-18)25(32)16-29-6-2-3-7-29/h10-11,13-15,18H,2-9,12,16H2,1H3. The van der Waals surface area contributed by atoms with Crippen LogP contribution in [0.4, 0.5) is 0 Å². The Bertz CT molecular complexity index is 1160. The van der Waals surface area contributed by atoms with Gasteiger partial charge < -0.3 is 4.90 Å². The first kappa shape index (κ1) is 22.1. The SMILES string of the molecule is Cc1ncc(-c2cnc3cnc(CC(=O)C4CCN(C(=O)CN5CCCC5)CC4)cc3c2)s1. The van der Waals surface area contributed by atoms with E-state index >= 15 is 0 Å². The zero-order valence-electron chi connectivity index (χ0n) is 19.0. The maximum absolute atomic E-state index is 13.0. The summed E-state index contributed by atoms with van der Waals surface area (Å²) in [5, 5.41) is 2.01. The number of piperidine rings is 1. The molecule has 0 saturated carbocycles. The van der Waals surface area contributed by atoms with Crippen LogP contribution < -0.4 is 0 Å². The van der Waals surface area contributed by atoms with Crippen molar-refractivity contribution in [3.63, 3.8) is 0 Å². The van der Waals surface area contributed by atoms with Crippen LogP contribution in [-0.4, -0.2) is 69.2 Å². The summed E-state index contributed by atoms with van der Waals surface area (Å²) in [6, 6.07) is 4.07. The first-order valence-corrected chi connectivity index (χ1v) is 12.6. The Morgan fingerprint density at radius 2 is 1.79 bits per heavy atom. The number of thiazole rings is 1. The van der Waals surface area contributed by atoms with E-state index < -0.39 is 0 Å². The first-order valence-electron chi connectivity index (χ1n) is 11.8. The number of hydrogen-bond acceptors (Lipinski definition) is 7. The Kier molecular flexibility index (Phi) is 6.46. The van der Waals surface area contributed by atoms with Crippen molar-refractivity contribution in [3.05, 3.63) is 41.4 Å². The fourth-order valence-electron chi connectivity index (χ4n) is 4.81. The number of rotatable bonds is 6. The number of hydrogen-bond donors (Lipinski definition) is 0. The van der Waals surface area contributed by atoms with Gasteiger partial charge in [0.05, 0.1) is 28.1 Å². The third-order valence-corrected chi connectivity index (χ3v) is 7.71.